The molecule has 0 atom stereocenters. The zero-order valence-corrected chi connectivity index (χ0v) is 43.7. The first kappa shape index (κ1) is 50.0. The Morgan fingerprint density at radius 1 is 0.316 bits per heavy atom. The van der Waals surface area contributed by atoms with Crippen LogP contribution in [0.3, 0.4) is 0 Å². The molecule has 3 aromatic heterocycles. The number of aromatic nitrogens is 6. The molecule has 9 aromatic carbocycles. The van der Waals surface area contributed by atoms with E-state index >= 15 is 0 Å². The number of hydrogen-bond acceptors (Lipinski definition) is 10. The van der Waals surface area contributed by atoms with Crippen molar-refractivity contribution in [1.29, 1.82) is 0 Å². The molecule has 0 aliphatic rings. The lowest BCUT2D eigenvalue weighted by Crippen LogP contribution is -2.35. The number of ether oxygens (including phenoxy) is 3. The summed E-state index contributed by atoms with van der Waals surface area (Å²) in [5.74, 6) is 4.96. The van der Waals surface area contributed by atoms with Gasteiger partial charge in [0.1, 0.15) is 54.5 Å². The summed E-state index contributed by atoms with van der Waals surface area (Å²) in [7, 11) is 0. The van der Waals surface area contributed by atoms with Crippen molar-refractivity contribution in [3.05, 3.63) is 235 Å². The lowest BCUT2D eigenvalue weighted by atomic mass is 10.1. The van der Waals surface area contributed by atoms with Crippen LogP contribution in [0.4, 0.5) is 17.1 Å². The SMILES string of the molecule is c1ccc(OCCN(CCOc2ccccc2CNc2ccccc2-c2nc3ccccc3[nH]2)CCOc2ccccc2CNc2ccccc2-c2nc3ccccc3[nH]2)c(CNc2ccccc2-c2nc3ccccc3[nH]2)c1. The van der Waals surface area contributed by atoms with Crippen LogP contribution < -0.4 is 30.2 Å². The van der Waals surface area contributed by atoms with Gasteiger partial charge in [-0.3, -0.25) is 4.90 Å². The van der Waals surface area contributed by atoms with Gasteiger partial charge in [-0.1, -0.05) is 127 Å². The maximum Gasteiger partial charge on any atom is 0.140 e. The van der Waals surface area contributed by atoms with Gasteiger partial charge in [-0.25, -0.2) is 15.0 Å². The molecular formula is C66H60N10O3. The number of anilines is 3. The van der Waals surface area contributed by atoms with E-state index in [9.17, 15) is 0 Å². The topological polar surface area (TPSA) is 153 Å². The van der Waals surface area contributed by atoms with Crippen LogP contribution in [0.15, 0.2) is 218 Å². The monoisotopic (exact) mass is 1040 g/mol. The summed E-state index contributed by atoms with van der Waals surface area (Å²) in [5, 5.41) is 11.0. The Morgan fingerprint density at radius 2 is 0.595 bits per heavy atom. The van der Waals surface area contributed by atoms with Gasteiger partial charge in [0.05, 0.1) is 33.1 Å². The van der Waals surface area contributed by atoms with E-state index in [4.69, 9.17) is 29.2 Å². The second-order valence-electron chi connectivity index (χ2n) is 19.2. The first-order valence-corrected chi connectivity index (χ1v) is 26.8. The number of imidazole rings is 3. The third-order valence-corrected chi connectivity index (χ3v) is 14.0. The van der Waals surface area contributed by atoms with Crippen LogP contribution in [0.1, 0.15) is 16.7 Å². The Hall–Kier alpha value is -9.85. The fourth-order valence-corrected chi connectivity index (χ4v) is 9.91. The first-order chi connectivity index (χ1) is 39.1. The van der Waals surface area contributed by atoms with E-state index in [-0.39, 0.29) is 0 Å². The molecule has 0 radical (unpaired) electrons. The molecule has 6 N–H and O–H groups in total. The summed E-state index contributed by atoms with van der Waals surface area (Å²) in [5.41, 5.74) is 14.9. The number of H-pyrrole nitrogens is 3. The van der Waals surface area contributed by atoms with Crippen molar-refractivity contribution in [3.63, 3.8) is 0 Å². The average Bonchev–Trinajstić information content (AvgIpc) is 4.35. The van der Waals surface area contributed by atoms with Gasteiger partial charge in [-0.2, -0.15) is 0 Å². The van der Waals surface area contributed by atoms with Crippen molar-refractivity contribution in [1.82, 2.24) is 34.8 Å². The largest absolute Gasteiger partial charge is 0.492 e. The Bertz CT molecular complexity index is 3470. The third kappa shape index (κ3) is 11.9. The minimum atomic E-state index is 0.461. The number of aromatic amines is 3. The molecule has 0 saturated heterocycles. The number of benzene rings is 9. The number of nitrogens with one attached hydrogen (secondary N) is 6. The van der Waals surface area contributed by atoms with Crippen molar-refractivity contribution >= 4 is 50.2 Å². The molecule has 0 fully saturated rings. The van der Waals surface area contributed by atoms with Crippen molar-refractivity contribution < 1.29 is 14.2 Å². The fraction of sp³-hybridized carbons (Fsp3) is 0.136. The van der Waals surface area contributed by atoms with Gasteiger partial charge in [0.2, 0.25) is 0 Å². The summed E-state index contributed by atoms with van der Waals surface area (Å²) in [4.78, 5) is 27.4. The molecule has 0 bridgehead atoms. The molecule has 12 aromatic rings. The fourth-order valence-electron chi connectivity index (χ4n) is 9.91. The highest BCUT2D eigenvalue weighted by Gasteiger charge is 2.16. The van der Waals surface area contributed by atoms with Gasteiger partial charge >= 0.3 is 0 Å². The molecule has 0 aliphatic heterocycles. The van der Waals surface area contributed by atoms with E-state index in [1.54, 1.807) is 0 Å². The Morgan fingerprint density at radius 3 is 0.924 bits per heavy atom. The highest BCUT2D eigenvalue weighted by atomic mass is 16.5. The van der Waals surface area contributed by atoms with Gasteiger partial charge in [0, 0.05) is 89.7 Å². The molecule has 0 saturated carbocycles. The molecule has 0 aliphatic carbocycles. The average molecular weight is 1040 g/mol. The van der Waals surface area contributed by atoms with Crippen LogP contribution in [-0.2, 0) is 19.6 Å². The molecule has 3 heterocycles. The third-order valence-electron chi connectivity index (χ3n) is 14.0. The quantitative estimate of drug-likeness (QED) is 0.0345. The van der Waals surface area contributed by atoms with Gasteiger partial charge in [0.15, 0.2) is 0 Å². The van der Waals surface area contributed by atoms with E-state index in [1.165, 1.54) is 0 Å². The minimum Gasteiger partial charge on any atom is -0.492 e. The van der Waals surface area contributed by atoms with Crippen molar-refractivity contribution in [2.75, 3.05) is 55.4 Å². The van der Waals surface area contributed by atoms with E-state index in [0.29, 0.717) is 59.1 Å². The molecule has 0 amide bonds. The van der Waals surface area contributed by atoms with Gasteiger partial charge in [-0.15, -0.1) is 0 Å². The second-order valence-corrected chi connectivity index (χ2v) is 19.2. The highest BCUT2D eigenvalue weighted by Crippen LogP contribution is 2.33. The summed E-state index contributed by atoms with van der Waals surface area (Å²) >= 11 is 0. The van der Waals surface area contributed by atoms with Crippen LogP contribution in [0.5, 0.6) is 17.2 Å². The number of hydrogen-bond donors (Lipinski definition) is 6. The summed E-state index contributed by atoms with van der Waals surface area (Å²) in [6.07, 6.45) is 0. The maximum absolute atomic E-state index is 6.63. The molecule has 0 spiro atoms. The normalized spacial score (nSPS) is 11.4. The highest BCUT2D eigenvalue weighted by molar-refractivity contribution is 5.85. The zero-order chi connectivity index (χ0) is 53.0. The smallest absolute Gasteiger partial charge is 0.140 e. The van der Waals surface area contributed by atoms with Crippen LogP contribution in [0.2, 0.25) is 0 Å². The standard InChI is InChI=1S/C66H60N10O3/c1-16-34-61(46(19-1)43-67-52-25-7-4-22-49(52)64-70-55-28-10-11-29-56(55)71-64)77-40-37-76(38-41-78-62-35-17-2-20-47(62)44-68-53-26-8-5-23-50(53)65-72-57-30-12-13-31-58(57)73-65)39-42-79-63-36-18-3-21-48(63)45-69-54-27-9-6-24-51(54)66-74-59-32-14-15-33-60(59)75-66/h1-36,67-69H,37-45H2,(H,70,71)(H,72,73)(H,74,75). The number of nitrogens with zero attached hydrogens (tertiary/aromatic N) is 4. The molecule has 392 valence electrons. The predicted molar refractivity (Wildman–Crippen MR) is 319 cm³/mol. The number of fused-ring (bicyclic) bond motifs is 3. The van der Waals surface area contributed by atoms with Crippen LogP contribution in [0, 0.1) is 0 Å². The van der Waals surface area contributed by atoms with Gasteiger partial charge < -0.3 is 45.1 Å². The van der Waals surface area contributed by atoms with E-state index < -0.39 is 0 Å². The molecule has 79 heavy (non-hydrogen) atoms. The number of rotatable bonds is 24. The minimum absolute atomic E-state index is 0.461. The second kappa shape index (κ2) is 24.0. The van der Waals surface area contributed by atoms with Crippen LogP contribution in [-0.4, -0.2) is 74.3 Å². The molecule has 13 nitrogen and oxygen atoms in total. The van der Waals surface area contributed by atoms with E-state index in [2.05, 4.69) is 109 Å². The molecule has 12 rings (SSSR count). The van der Waals surface area contributed by atoms with E-state index in [0.717, 1.165) is 118 Å². The van der Waals surface area contributed by atoms with Crippen molar-refractivity contribution in [3.8, 4) is 51.4 Å². The first-order valence-electron chi connectivity index (χ1n) is 26.8. The zero-order valence-electron chi connectivity index (χ0n) is 43.7. The lowest BCUT2D eigenvalue weighted by Gasteiger charge is -2.24. The lowest BCUT2D eigenvalue weighted by molar-refractivity contribution is 0.152. The van der Waals surface area contributed by atoms with Crippen molar-refractivity contribution in [2.45, 2.75) is 19.6 Å². The molecular weight excluding hydrogens is 981 g/mol. The Kier molecular flexibility index (Phi) is 15.2. The molecule has 0 unspecified atom stereocenters. The van der Waals surface area contributed by atoms with Crippen molar-refractivity contribution in [2.24, 2.45) is 0 Å². The summed E-state index contributed by atoms with van der Waals surface area (Å²) in [6.45, 7) is 5.02. The van der Waals surface area contributed by atoms with E-state index in [1.807, 2.05) is 146 Å². The summed E-state index contributed by atoms with van der Waals surface area (Å²) < 4.78 is 19.9. The number of para-hydroxylation sites is 12. The molecule has 13 heteroatoms. The van der Waals surface area contributed by atoms with Gasteiger partial charge in [-0.05, 0) is 91.0 Å². The van der Waals surface area contributed by atoms with Crippen LogP contribution >= 0.6 is 0 Å². The maximum atomic E-state index is 6.63. The van der Waals surface area contributed by atoms with Crippen LogP contribution in [0.25, 0.3) is 67.3 Å². The summed E-state index contributed by atoms with van der Waals surface area (Å²) in [6, 6.07) is 73.7. The Labute approximate surface area is 458 Å². The predicted octanol–water partition coefficient (Wildman–Crippen LogP) is 14.0. The Balaban J connectivity index is 0.714. The van der Waals surface area contributed by atoms with Gasteiger partial charge in [0.25, 0.3) is 0 Å².